The van der Waals surface area contributed by atoms with E-state index >= 15 is 0 Å². The van der Waals surface area contributed by atoms with Crippen LogP contribution >= 0.6 is 24.8 Å². The standard InChI is InChI=1S/C16H29N3O.2ClH/c1-19(2)13-5-3-4-12(10-13)18-15(20)14-11-16(14)6-8-17-9-7-16;;/h12-14,17H,3-11H2,1-2H3,(H,18,20);2*1H. The summed E-state index contributed by atoms with van der Waals surface area (Å²) in [4.78, 5) is 14.8. The molecule has 0 aromatic carbocycles. The Hall–Kier alpha value is -0.0300. The van der Waals surface area contributed by atoms with Gasteiger partial charge in [0.1, 0.15) is 0 Å². The minimum Gasteiger partial charge on any atom is -0.353 e. The highest BCUT2D eigenvalue weighted by atomic mass is 35.5. The summed E-state index contributed by atoms with van der Waals surface area (Å²) in [6, 6.07) is 1.05. The van der Waals surface area contributed by atoms with Crippen molar-refractivity contribution in [1.29, 1.82) is 0 Å². The molecule has 1 amide bonds. The summed E-state index contributed by atoms with van der Waals surface area (Å²) in [7, 11) is 4.31. The van der Waals surface area contributed by atoms with E-state index in [-0.39, 0.29) is 24.8 Å². The van der Waals surface area contributed by atoms with Gasteiger partial charge in [-0.25, -0.2) is 0 Å². The fourth-order valence-corrected chi connectivity index (χ4v) is 4.26. The minimum absolute atomic E-state index is 0. The Morgan fingerprint density at radius 2 is 1.86 bits per heavy atom. The number of hydrogen-bond acceptors (Lipinski definition) is 3. The van der Waals surface area contributed by atoms with Crippen LogP contribution in [-0.4, -0.2) is 50.1 Å². The lowest BCUT2D eigenvalue weighted by Gasteiger charge is -2.34. The number of hydrogen-bond donors (Lipinski definition) is 2. The number of piperidine rings is 1. The maximum atomic E-state index is 12.5. The van der Waals surface area contributed by atoms with Gasteiger partial charge in [-0.05, 0) is 77.5 Å². The topological polar surface area (TPSA) is 44.4 Å². The van der Waals surface area contributed by atoms with Crippen molar-refractivity contribution < 1.29 is 4.79 Å². The van der Waals surface area contributed by atoms with Crippen LogP contribution in [0.5, 0.6) is 0 Å². The van der Waals surface area contributed by atoms with Crippen molar-refractivity contribution in [3.8, 4) is 0 Å². The van der Waals surface area contributed by atoms with Crippen molar-refractivity contribution in [2.45, 2.75) is 57.0 Å². The molecule has 1 spiro atoms. The molecular formula is C16H31Cl2N3O. The molecule has 1 aliphatic heterocycles. The van der Waals surface area contributed by atoms with Gasteiger partial charge >= 0.3 is 0 Å². The van der Waals surface area contributed by atoms with E-state index in [9.17, 15) is 4.79 Å². The molecule has 0 aromatic heterocycles. The van der Waals surface area contributed by atoms with Crippen molar-refractivity contribution in [3.63, 3.8) is 0 Å². The molecule has 3 fully saturated rings. The van der Waals surface area contributed by atoms with Crippen molar-refractivity contribution in [3.05, 3.63) is 0 Å². The second-order valence-electron chi connectivity index (χ2n) is 7.36. The third-order valence-electron chi connectivity index (χ3n) is 5.83. The molecule has 3 atom stereocenters. The molecule has 2 N–H and O–H groups in total. The molecular weight excluding hydrogens is 321 g/mol. The molecule has 6 heteroatoms. The molecule has 0 bridgehead atoms. The van der Waals surface area contributed by atoms with Crippen LogP contribution in [0.3, 0.4) is 0 Å². The Morgan fingerprint density at radius 1 is 1.18 bits per heavy atom. The van der Waals surface area contributed by atoms with Crippen LogP contribution in [-0.2, 0) is 4.79 Å². The first-order chi connectivity index (χ1) is 9.61. The van der Waals surface area contributed by atoms with Crippen molar-refractivity contribution in [2.75, 3.05) is 27.2 Å². The second-order valence-corrected chi connectivity index (χ2v) is 7.36. The van der Waals surface area contributed by atoms with Crippen molar-refractivity contribution in [1.82, 2.24) is 15.5 Å². The molecule has 0 aromatic rings. The average Bonchev–Trinajstić information content (AvgIpc) is 3.13. The van der Waals surface area contributed by atoms with Gasteiger partial charge in [0.15, 0.2) is 0 Å². The fourth-order valence-electron chi connectivity index (χ4n) is 4.26. The molecule has 2 aliphatic carbocycles. The quantitative estimate of drug-likeness (QED) is 0.819. The average molecular weight is 352 g/mol. The van der Waals surface area contributed by atoms with Crippen LogP contribution < -0.4 is 10.6 Å². The first-order valence-corrected chi connectivity index (χ1v) is 8.28. The highest BCUT2D eigenvalue weighted by Crippen LogP contribution is 2.58. The molecule has 4 nitrogen and oxygen atoms in total. The van der Waals surface area contributed by atoms with Gasteiger partial charge in [-0.1, -0.05) is 0 Å². The molecule has 3 aliphatic rings. The summed E-state index contributed by atoms with van der Waals surface area (Å²) >= 11 is 0. The van der Waals surface area contributed by atoms with E-state index in [1.54, 1.807) is 0 Å². The summed E-state index contributed by atoms with van der Waals surface area (Å²) in [6.45, 7) is 2.19. The molecule has 130 valence electrons. The van der Waals surface area contributed by atoms with Gasteiger partial charge in [0.25, 0.3) is 0 Å². The lowest BCUT2D eigenvalue weighted by atomic mass is 9.89. The molecule has 2 saturated carbocycles. The minimum atomic E-state index is 0. The Bertz CT molecular complexity index is 372. The Morgan fingerprint density at radius 3 is 2.50 bits per heavy atom. The zero-order valence-corrected chi connectivity index (χ0v) is 15.4. The number of halogens is 2. The molecule has 22 heavy (non-hydrogen) atoms. The largest absolute Gasteiger partial charge is 0.353 e. The Kier molecular flexibility index (Phi) is 7.44. The SMILES string of the molecule is CN(C)C1CCCC(NC(=O)C2CC23CCNCC3)C1.Cl.Cl. The molecule has 1 heterocycles. The number of rotatable bonds is 3. The number of carbonyl (C=O) groups excluding carboxylic acids is 1. The summed E-state index contributed by atoms with van der Waals surface area (Å²) in [6.07, 6.45) is 8.32. The third kappa shape index (κ3) is 4.28. The van der Waals surface area contributed by atoms with Gasteiger partial charge in [-0.3, -0.25) is 4.79 Å². The lowest BCUT2D eigenvalue weighted by molar-refractivity contribution is -0.124. The number of carbonyl (C=O) groups is 1. The van der Waals surface area contributed by atoms with Crippen LogP contribution in [0, 0.1) is 11.3 Å². The normalized spacial score (nSPS) is 32.8. The van der Waals surface area contributed by atoms with Gasteiger partial charge < -0.3 is 15.5 Å². The maximum absolute atomic E-state index is 12.5. The van der Waals surface area contributed by atoms with Crippen LogP contribution in [0.2, 0.25) is 0 Å². The first-order valence-electron chi connectivity index (χ1n) is 8.28. The van der Waals surface area contributed by atoms with Crippen LogP contribution in [0.4, 0.5) is 0 Å². The fraction of sp³-hybridized carbons (Fsp3) is 0.938. The molecule has 1 saturated heterocycles. The molecule has 0 radical (unpaired) electrons. The van der Waals surface area contributed by atoms with Gasteiger partial charge in [0.05, 0.1) is 0 Å². The smallest absolute Gasteiger partial charge is 0.223 e. The predicted molar refractivity (Wildman–Crippen MR) is 95.0 cm³/mol. The van der Waals surface area contributed by atoms with Crippen LogP contribution in [0.25, 0.3) is 0 Å². The van der Waals surface area contributed by atoms with Crippen molar-refractivity contribution >= 4 is 30.7 Å². The summed E-state index contributed by atoms with van der Waals surface area (Å²) in [5.74, 6) is 0.653. The summed E-state index contributed by atoms with van der Waals surface area (Å²) in [5.41, 5.74) is 0.366. The highest BCUT2D eigenvalue weighted by molar-refractivity contribution is 5.85. The molecule has 3 unspecified atom stereocenters. The van der Waals surface area contributed by atoms with E-state index in [4.69, 9.17) is 0 Å². The Balaban J connectivity index is 0.00000121. The van der Waals surface area contributed by atoms with E-state index in [1.165, 1.54) is 25.7 Å². The van der Waals surface area contributed by atoms with Crippen LogP contribution in [0.15, 0.2) is 0 Å². The van der Waals surface area contributed by atoms with Crippen LogP contribution in [0.1, 0.15) is 44.9 Å². The van der Waals surface area contributed by atoms with Gasteiger partial charge in [0.2, 0.25) is 5.91 Å². The summed E-state index contributed by atoms with van der Waals surface area (Å²) < 4.78 is 0. The Labute approximate surface area is 147 Å². The first kappa shape index (κ1) is 20.0. The second kappa shape index (κ2) is 8.18. The van der Waals surface area contributed by atoms with Gasteiger partial charge in [0, 0.05) is 18.0 Å². The highest BCUT2D eigenvalue weighted by Gasteiger charge is 2.57. The van der Waals surface area contributed by atoms with Gasteiger partial charge in [-0.15, -0.1) is 24.8 Å². The number of nitrogens with zero attached hydrogens (tertiary/aromatic N) is 1. The lowest BCUT2D eigenvalue weighted by Crippen LogP contribution is -2.45. The van der Waals surface area contributed by atoms with E-state index in [1.807, 2.05) is 0 Å². The maximum Gasteiger partial charge on any atom is 0.223 e. The zero-order chi connectivity index (χ0) is 14.2. The molecule has 3 rings (SSSR count). The van der Waals surface area contributed by atoms with E-state index < -0.39 is 0 Å². The van der Waals surface area contributed by atoms with E-state index in [0.717, 1.165) is 32.4 Å². The van der Waals surface area contributed by atoms with Crippen molar-refractivity contribution in [2.24, 2.45) is 11.3 Å². The zero-order valence-electron chi connectivity index (χ0n) is 13.8. The summed E-state index contributed by atoms with van der Waals surface area (Å²) in [5, 5.41) is 6.75. The predicted octanol–water partition coefficient (Wildman–Crippen LogP) is 2.21. The monoisotopic (exact) mass is 351 g/mol. The number of amides is 1. The van der Waals surface area contributed by atoms with E-state index in [0.29, 0.717) is 29.3 Å². The van der Waals surface area contributed by atoms with Gasteiger partial charge in [-0.2, -0.15) is 0 Å². The third-order valence-corrected chi connectivity index (χ3v) is 5.83. The number of nitrogens with one attached hydrogen (secondary N) is 2. The van der Waals surface area contributed by atoms with E-state index in [2.05, 4.69) is 29.6 Å².